The van der Waals surface area contributed by atoms with Crippen molar-refractivity contribution in [3.05, 3.63) is 84.3 Å². The molecule has 182 valence electrons. The van der Waals surface area contributed by atoms with Gasteiger partial charge in [0.25, 0.3) is 0 Å². The number of carbonyl (C=O) groups is 3. The number of anilines is 2. The molecule has 2 aromatic carbocycles. The van der Waals surface area contributed by atoms with Gasteiger partial charge in [-0.05, 0) is 61.9 Å². The van der Waals surface area contributed by atoms with Crippen molar-refractivity contribution in [3.63, 3.8) is 0 Å². The molecule has 8 nitrogen and oxygen atoms in total. The molecule has 0 spiro atoms. The molecule has 3 aromatic rings. The third-order valence-corrected chi connectivity index (χ3v) is 5.00. The van der Waals surface area contributed by atoms with Crippen LogP contribution in [0.2, 0.25) is 0 Å². The lowest BCUT2D eigenvalue weighted by molar-refractivity contribution is -0.127. The van der Waals surface area contributed by atoms with Gasteiger partial charge in [0.2, 0.25) is 17.7 Å². The van der Waals surface area contributed by atoms with Crippen LogP contribution in [0.15, 0.2) is 72.9 Å². The molecule has 0 saturated heterocycles. The maximum atomic E-state index is 14.1. The third kappa shape index (κ3) is 7.10. The molecule has 0 radical (unpaired) electrons. The van der Waals surface area contributed by atoms with Gasteiger partial charge in [0.05, 0.1) is 0 Å². The number of benzene rings is 2. The Balaban J connectivity index is 1.93. The Hall–Kier alpha value is -4.27. The SMILES string of the molecule is CC(C)NC(=O)[C@@H](c1ccc(O)cc1)N(C(=O)CCC(=O)Nc1ccccn1)c1cccc(F)c1. The number of aromatic nitrogens is 1. The van der Waals surface area contributed by atoms with E-state index < -0.39 is 29.6 Å². The lowest BCUT2D eigenvalue weighted by Crippen LogP contribution is -2.46. The van der Waals surface area contributed by atoms with Gasteiger partial charge in [-0.15, -0.1) is 0 Å². The van der Waals surface area contributed by atoms with Crippen molar-refractivity contribution in [1.82, 2.24) is 10.3 Å². The molecule has 3 N–H and O–H groups in total. The van der Waals surface area contributed by atoms with Crippen LogP contribution in [0.4, 0.5) is 15.9 Å². The maximum absolute atomic E-state index is 14.1. The summed E-state index contributed by atoms with van der Waals surface area (Å²) >= 11 is 0. The van der Waals surface area contributed by atoms with E-state index in [9.17, 15) is 23.9 Å². The van der Waals surface area contributed by atoms with E-state index in [1.54, 1.807) is 32.0 Å². The van der Waals surface area contributed by atoms with Gasteiger partial charge in [-0.3, -0.25) is 19.3 Å². The first-order valence-corrected chi connectivity index (χ1v) is 11.1. The molecule has 0 aliphatic heterocycles. The number of hydrogen-bond acceptors (Lipinski definition) is 5. The minimum atomic E-state index is -1.16. The van der Waals surface area contributed by atoms with Crippen LogP contribution in [0, 0.1) is 5.82 Å². The monoisotopic (exact) mass is 478 g/mol. The summed E-state index contributed by atoms with van der Waals surface area (Å²) in [6.07, 6.45) is 1.12. The van der Waals surface area contributed by atoms with E-state index in [1.807, 2.05) is 0 Å². The average Bonchev–Trinajstić information content (AvgIpc) is 2.82. The summed E-state index contributed by atoms with van der Waals surface area (Å²) in [5.74, 6) is -1.70. The number of phenolic OH excluding ortho intramolecular Hbond substituents is 1. The van der Waals surface area contributed by atoms with Crippen LogP contribution in [0.1, 0.15) is 38.3 Å². The Morgan fingerprint density at radius 3 is 2.37 bits per heavy atom. The fourth-order valence-corrected chi connectivity index (χ4v) is 3.48. The summed E-state index contributed by atoms with van der Waals surface area (Å²) in [4.78, 5) is 44.3. The topological polar surface area (TPSA) is 112 Å². The highest BCUT2D eigenvalue weighted by molar-refractivity contribution is 6.03. The molecule has 0 unspecified atom stereocenters. The summed E-state index contributed by atoms with van der Waals surface area (Å²) in [7, 11) is 0. The van der Waals surface area contributed by atoms with Crippen molar-refractivity contribution in [2.24, 2.45) is 0 Å². The zero-order valence-electron chi connectivity index (χ0n) is 19.4. The number of carbonyl (C=O) groups excluding carboxylic acids is 3. The zero-order chi connectivity index (χ0) is 25.4. The molecule has 1 aromatic heterocycles. The second-order valence-electron chi connectivity index (χ2n) is 8.16. The van der Waals surface area contributed by atoms with Crippen molar-refractivity contribution < 1.29 is 23.9 Å². The highest BCUT2D eigenvalue weighted by Gasteiger charge is 2.33. The van der Waals surface area contributed by atoms with E-state index in [0.717, 1.165) is 6.07 Å². The van der Waals surface area contributed by atoms with Crippen molar-refractivity contribution in [2.45, 2.75) is 38.8 Å². The Kier molecular flexibility index (Phi) is 8.50. The van der Waals surface area contributed by atoms with Crippen LogP contribution < -0.4 is 15.5 Å². The smallest absolute Gasteiger partial charge is 0.248 e. The number of rotatable bonds is 9. The molecular weight excluding hydrogens is 451 g/mol. The first kappa shape index (κ1) is 25.4. The highest BCUT2D eigenvalue weighted by atomic mass is 19.1. The van der Waals surface area contributed by atoms with Gasteiger partial charge >= 0.3 is 0 Å². The second-order valence-corrected chi connectivity index (χ2v) is 8.16. The molecule has 0 fully saturated rings. The number of pyridine rings is 1. The first-order valence-electron chi connectivity index (χ1n) is 11.1. The fourth-order valence-electron chi connectivity index (χ4n) is 3.48. The van der Waals surface area contributed by atoms with Gasteiger partial charge in [0.1, 0.15) is 23.4 Å². The molecule has 0 aliphatic rings. The standard InChI is InChI=1S/C26H27FN4O4/c1-17(2)29-26(35)25(18-9-11-21(32)12-10-18)31(20-7-5-6-19(27)16-20)24(34)14-13-23(33)30-22-8-3-4-15-28-22/h3-12,15-17,25,32H,13-14H2,1-2H3,(H,29,35)(H,28,30,33)/t25-/m1/s1. The predicted molar refractivity (Wildman–Crippen MR) is 130 cm³/mol. The second kappa shape index (κ2) is 11.7. The molecular formula is C26H27FN4O4. The Bertz CT molecular complexity index is 1170. The Labute approximate surface area is 202 Å². The fraction of sp³-hybridized carbons (Fsp3) is 0.231. The van der Waals surface area contributed by atoms with Crippen LogP contribution in [-0.2, 0) is 14.4 Å². The van der Waals surface area contributed by atoms with Crippen molar-refractivity contribution in [1.29, 1.82) is 0 Å². The van der Waals surface area contributed by atoms with E-state index in [1.165, 1.54) is 53.6 Å². The predicted octanol–water partition coefficient (Wildman–Crippen LogP) is 3.94. The van der Waals surface area contributed by atoms with E-state index in [0.29, 0.717) is 11.4 Å². The molecule has 0 bridgehead atoms. The van der Waals surface area contributed by atoms with E-state index in [2.05, 4.69) is 15.6 Å². The average molecular weight is 479 g/mol. The Morgan fingerprint density at radius 2 is 1.74 bits per heavy atom. The van der Waals surface area contributed by atoms with Crippen LogP contribution in [-0.4, -0.2) is 33.9 Å². The summed E-state index contributed by atoms with van der Waals surface area (Å²) in [6, 6.07) is 14.9. The van der Waals surface area contributed by atoms with Crippen molar-refractivity contribution in [3.8, 4) is 5.75 Å². The normalized spacial score (nSPS) is 11.5. The molecule has 3 rings (SSSR count). The minimum Gasteiger partial charge on any atom is -0.508 e. The molecule has 0 saturated carbocycles. The number of phenols is 1. The number of halogens is 1. The molecule has 1 atom stereocenters. The van der Waals surface area contributed by atoms with Gasteiger partial charge in [-0.1, -0.05) is 24.3 Å². The lowest BCUT2D eigenvalue weighted by atomic mass is 10.0. The zero-order valence-corrected chi connectivity index (χ0v) is 19.4. The largest absolute Gasteiger partial charge is 0.508 e. The van der Waals surface area contributed by atoms with Crippen LogP contribution in [0.5, 0.6) is 5.75 Å². The van der Waals surface area contributed by atoms with Gasteiger partial charge in [0, 0.05) is 30.8 Å². The minimum absolute atomic E-state index is 0.00778. The highest BCUT2D eigenvalue weighted by Crippen LogP contribution is 2.30. The number of aromatic hydroxyl groups is 1. The number of nitrogens with one attached hydrogen (secondary N) is 2. The number of hydrogen-bond donors (Lipinski definition) is 3. The van der Waals surface area contributed by atoms with Crippen LogP contribution in [0.25, 0.3) is 0 Å². The maximum Gasteiger partial charge on any atom is 0.248 e. The number of nitrogens with zero attached hydrogens (tertiary/aromatic N) is 2. The summed E-state index contributed by atoms with van der Waals surface area (Å²) in [5, 5.41) is 15.1. The molecule has 9 heteroatoms. The molecule has 1 heterocycles. The molecule has 35 heavy (non-hydrogen) atoms. The summed E-state index contributed by atoms with van der Waals surface area (Å²) < 4.78 is 14.1. The summed E-state index contributed by atoms with van der Waals surface area (Å²) in [5.41, 5.74) is 0.577. The first-order chi connectivity index (χ1) is 16.7. The molecule has 0 aliphatic carbocycles. The van der Waals surface area contributed by atoms with Gasteiger partial charge in [-0.2, -0.15) is 0 Å². The van der Waals surface area contributed by atoms with Crippen LogP contribution >= 0.6 is 0 Å². The lowest BCUT2D eigenvalue weighted by Gasteiger charge is -2.32. The van der Waals surface area contributed by atoms with Gasteiger partial charge in [-0.25, -0.2) is 9.37 Å². The van der Waals surface area contributed by atoms with Crippen molar-refractivity contribution in [2.75, 3.05) is 10.2 Å². The molecule has 3 amide bonds. The summed E-state index contributed by atoms with van der Waals surface area (Å²) in [6.45, 7) is 3.56. The quantitative estimate of drug-likeness (QED) is 0.431. The van der Waals surface area contributed by atoms with E-state index in [4.69, 9.17) is 0 Å². The van der Waals surface area contributed by atoms with Gasteiger partial charge < -0.3 is 15.7 Å². The van der Waals surface area contributed by atoms with E-state index in [-0.39, 0.29) is 30.3 Å². The number of amides is 3. The third-order valence-electron chi connectivity index (χ3n) is 5.00. The van der Waals surface area contributed by atoms with E-state index >= 15 is 0 Å². The van der Waals surface area contributed by atoms with Crippen LogP contribution in [0.3, 0.4) is 0 Å². The van der Waals surface area contributed by atoms with Crippen molar-refractivity contribution >= 4 is 29.2 Å². The Morgan fingerprint density at radius 1 is 1.00 bits per heavy atom. The van der Waals surface area contributed by atoms with Gasteiger partial charge in [0.15, 0.2) is 0 Å².